The van der Waals surface area contributed by atoms with Crippen LogP contribution in [-0.2, 0) is 4.79 Å². The van der Waals surface area contributed by atoms with Gasteiger partial charge in [-0.15, -0.1) is 0 Å². The first kappa shape index (κ1) is 49.8. The minimum atomic E-state index is 0. The van der Waals surface area contributed by atoms with Crippen LogP contribution in [0.5, 0.6) is 0 Å². The first-order valence-electron chi connectivity index (χ1n) is 12.9. The summed E-state index contributed by atoms with van der Waals surface area (Å²) in [6, 6.07) is 0. The van der Waals surface area contributed by atoms with Crippen molar-refractivity contribution in [3.05, 3.63) is 23.5 Å². The molecule has 9 nitrogen and oxygen atoms in total. The molecule has 0 amide bonds. The van der Waals surface area contributed by atoms with E-state index in [4.69, 9.17) is 11.5 Å². The molecule has 0 aliphatic heterocycles. The molecule has 0 bridgehead atoms. The Balaban J connectivity index is -0.000000134. The van der Waals surface area contributed by atoms with Crippen molar-refractivity contribution >= 4 is 53.0 Å². The van der Waals surface area contributed by atoms with Gasteiger partial charge in [-0.05, 0) is 39.5 Å². The van der Waals surface area contributed by atoms with E-state index in [2.05, 4.69) is 70.9 Å². The Kier molecular flexibility index (Phi) is 39.8. The number of nitrogens with one attached hydrogen (secondary N) is 2. The molecule has 2 aromatic rings. The monoisotopic (exact) mass is 736 g/mol. The molecule has 2 heterocycles. The van der Waals surface area contributed by atoms with E-state index in [0.29, 0.717) is 34.0 Å². The molecule has 6 N–H and O–H groups in total. The maximum Gasteiger partial charge on any atom is 1.00 e. The summed E-state index contributed by atoms with van der Waals surface area (Å²) in [5.74, 6) is 2.17. The molecule has 2 aromatic heterocycles. The fraction of sp³-hybridized carbons (Fsp3) is 0.667. The molecule has 0 aliphatic rings. The third-order valence-electron chi connectivity index (χ3n) is 4.96. The minimum Gasteiger partial charge on any atom is -1.00 e. The summed E-state index contributed by atoms with van der Waals surface area (Å²) in [4.78, 5) is 26.5. The standard InChI is InChI=1S/C8H16OS.2C6H10N4.C6H14S.CH4.HI.K/c1-4-6-8(5-2)10-7(3)9;2*1-4-3-9-6(8-2)10-5(4)7;1-3-5-6(7)4-2;;;/h8H,4-6H2,1-3H3;2*3H,1-2H3,(H3,7,8,9,10);6-7H,3-5H2,1-2H3;1H4;1H;/q;;;;;;+1/p-1. The second kappa shape index (κ2) is 32.0. The number of aryl methyl sites for hydroxylation is 2. The molecule has 0 aliphatic carbocycles. The van der Waals surface area contributed by atoms with Crippen LogP contribution < -0.4 is 97.5 Å². The molecule has 228 valence electrons. The van der Waals surface area contributed by atoms with E-state index in [1.165, 1.54) is 43.9 Å². The Morgan fingerprint density at radius 2 is 1.30 bits per heavy atom. The van der Waals surface area contributed by atoms with Gasteiger partial charge in [0.05, 0.1) is 0 Å². The molecule has 0 saturated carbocycles. The van der Waals surface area contributed by atoms with Gasteiger partial charge < -0.3 is 46.1 Å². The molecule has 2 unspecified atom stereocenters. The molecule has 0 radical (unpaired) electrons. The Bertz CT molecular complexity index is 833. The van der Waals surface area contributed by atoms with Gasteiger partial charge in [-0.2, -0.15) is 22.6 Å². The van der Waals surface area contributed by atoms with Crippen molar-refractivity contribution in [2.24, 2.45) is 0 Å². The summed E-state index contributed by atoms with van der Waals surface area (Å²) in [6.07, 6.45) is 10.6. The maximum absolute atomic E-state index is 10.7. The van der Waals surface area contributed by atoms with Gasteiger partial charge in [0.2, 0.25) is 11.9 Å². The van der Waals surface area contributed by atoms with Crippen molar-refractivity contribution in [2.75, 3.05) is 36.2 Å². The molecule has 0 saturated heterocycles. The number of rotatable bonds is 9. The Hall–Kier alpha value is 0.0964. The quantitative estimate of drug-likeness (QED) is 0.143. The number of hydrogen-bond acceptors (Lipinski definition) is 11. The van der Waals surface area contributed by atoms with Crippen molar-refractivity contribution in [3.63, 3.8) is 0 Å². The summed E-state index contributed by atoms with van der Waals surface area (Å²) >= 11 is 5.80. The fourth-order valence-corrected chi connectivity index (χ4v) is 3.84. The molecule has 0 aromatic carbocycles. The summed E-state index contributed by atoms with van der Waals surface area (Å²) in [5, 5.41) is 7.04. The van der Waals surface area contributed by atoms with Crippen molar-refractivity contribution in [1.29, 1.82) is 0 Å². The summed E-state index contributed by atoms with van der Waals surface area (Å²) in [5.41, 5.74) is 12.8. The van der Waals surface area contributed by atoms with Gasteiger partial charge in [0.1, 0.15) is 11.6 Å². The third kappa shape index (κ3) is 27.0. The first-order chi connectivity index (χ1) is 17.5. The number of nitrogens with zero attached hydrogens (tertiary/aromatic N) is 4. The summed E-state index contributed by atoms with van der Waals surface area (Å²) in [6.45, 7) is 14.0. The molecule has 13 heteroatoms. The fourth-order valence-electron chi connectivity index (χ4n) is 2.59. The average Bonchev–Trinajstić information content (AvgIpc) is 2.88. The van der Waals surface area contributed by atoms with Gasteiger partial charge in [0.15, 0.2) is 5.12 Å². The molecular formula is C27H54IKN8OS2. The SMILES string of the molecule is C.CCCC(CC)SC(C)=O.CCCC(S)CC.CNc1ncc(C)c(N)n1.CNc1ncc(C)c(N)n1.[I-].[K+]. The van der Waals surface area contributed by atoms with Crippen LogP contribution >= 0.6 is 24.4 Å². The van der Waals surface area contributed by atoms with Crippen LogP contribution in [0.25, 0.3) is 0 Å². The molecule has 40 heavy (non-hydrogen) atoms. The first-order valence-corrected chi connectivity index (χ1v) is 14.3. The molecule has 2 atom stereocenters. The van der Waals surface area contributed by atoms with Gasteiger partial charge in [0.25, 0.3) is 0 Å². The van der Waals surface area contributed by atoms with Crippen LogP contribution in [0.2, 0.25) is 0 Å². The number of carbonyl (C=O) groups excluding carboxylic acids is 1. The van der Waals surface area contributed by atoms with E-state index in [1.54, 1.807) is 33.4 Å². The largest absolute Gasteiger partial charge is 1.00 e. The number of carbonyl (C=O) groups is 1. The van der Waals surface area contributed by atoms with Crippen molar-refractivity contribution < 1.29 is 80.2 Å². The Labute approximate surface area is 314 Å². The van der Waals surface area contributed by atoms with E-state index >= 15 is 0 Å². The smallest absolute Gasteiger partial charge is 1.00 e. The molecule has 0 fully saturated rings. The van der Waals surface area contributed by atoms with Gasteiger partial charge in [-0.1, -0.05) is 59.7 Å². The summed E-state index contributed by atoms with van der Waals surface area (Å²) in [7, 11) is 3.51. The second-order valence-corrected chi connectivity index (χ2v) is 10.5. The van der Waals surface area contributed by atoms with Crippen molar-refractivity contribution in [2.45, 2.75) is 105 Å². The zero-order valence-corrected chi connectivity index (χ0v) is 32.6. The third-order valence-corrected chi connectivity index (χ3v) is 6.82. The van der Waals surface area contributed by atoms with Crippen LogP contribution in [-0.4, -0.2) is 49.6 Å². The van der Waals surface area contributed by atoms with Gasteiger partial charge >= 0.3 is 51.4 Å². The minimum absolute atomic E-state index is 0. The Morgan fingerprint density at radius 1 is 0.900 bits per heavy atom. The van der Waals surface area contributed by atoms with E-state index in [9.17, 15) is 4.79 Å². The van der Waals surface area contributed by atoms with Gasteiger partial charge in [0, 0.05) is 55.0 Å². The van der Waals surface area contributed by atoms with Crippen LogP contribution in [0.3, 0.4) is 0 Å². The second-order valence-electron chi connectivity index (χ2n) is 8.30. The predicted octanol–water partition coefficient (Wildman–Crippen LogP) is 0.802. The van der Waals surface area contributed by atoms with E-state index in [0.717, 1.165) is 17.5 Å². The molecule has 2 rings (SSSR count). The Morgan fingerprint density at radius 3 is 1.52 bits per heavy atom. The molecular weight excluding hydrogens is 682 g/mol. The maximum atomic E-state index is 10.7. The van der Waals surface area contributed by atoms with Gasteiger partial charge in [-0.3, -0.25) is 4.79 Å². The topological polar surface area (TPSA) is 145 Å². The number of anilines is 4. The molecule has 0 spiro atoms. The number of thiol groups is 1. The van der Waals surface area contributed by atoms with Crippen LogP contribution in [0.15, 0.2) is 12.4 Å². The van der Waals surface area contributed by atoms with Crippen molar-refractivity contribution in [1.82, 2.24) is 19.9 Å². The summed E-state index contributed by atoms with van der Waals surface area (Å²) < 4.78 is 0. The van der Waals surface area contributed by atoms with Gasteiger partial charge in [-0.25, -0.2) is 9.97 Å². The zero-order chi connectivity index (χ0) is 28.8. The van der Waals surface area contributed by atoms with E-state index in [1.807, 2.05) is 13.8 Å². The number of aromatic nitrogens is 4. The number of nitrogen functional groups attached to an aromatic ring is 2. The number of hydrogen-bond donors (Lipinski definition) is 5. The number of thioether (sulfide) groups is 1. The van der Waals surface area contributed by atoms with Crippen LogP contribution in [0, 0.1) is 13.8 Å². The van der Waals surface area contributed by atoms with Crippen molar-refractivity contribution in [3.8, 4) is 0 Å². The van der Waals surface area contributed by atoms with E-state index < -0.39 is 0 Å². The zero-order valence-electron chi connectivity index (χ0n) is 25.6. The predicted molar refractivity (Wildman–Crippen MR) is 173 cm³/mol. The van der Waals surface area contributed by atoms with Crippen LogP contribution in [0.1, 0.15) is 91.7 Å². The van der Waals surface area contributed by atoms with Crippen LogP contribution in [0.4, 0.5) is 23.5 Å². The van der Waals surface area contributed by atoms with E-state index in [-0.39, 0.29) is 87.9 Å². The normalized spacial score (nSPS) is 10.4. The average molecular weight is 737 g/mol. The number of halogens is 1. The number of nitrogens with two attached hydrogens (primary N) is 2.